The van der Waals surface area contributed by atoms with E-state index in [2.05, 4.69) is 0 Å². The molecule has 0 heterocycles. The van der Waals surface area contributed by atoms with Crippen LogP contribution in [0.2, 0.25) is 0 Å². The highest BCUT2D eigenvalue weighted by Gasteiger charge is 2.24. The van der Waals surface area contributed by atoms with E-state index in [0.717, 1.165) is 0 Å². The second-order valence-corrected chi connectivity index (χ2v) is 7.51. The lowest BCUT2D eigenvalue weighted by atomic mass is 10.2. The fourth-order valence-electron chi connectivity index (χ4n) is 1.85. The molecule has 20 heavy (non-hydrogen) atoms. The highest BCUT2D eigenvalue weighted by Crippen LogP contribution is 2.28. The Kier molecular flexibility index (Phi) is 4.37. The van der Waals surface area contributed by atoms with Crippen molar-refractivity contribution in [1.29, 1.82) is 0 Å². The molecule has 0 aromatic heterocycles. The van der Waals surface area contributed by atoms with Gasteiger partial charge in [-0.05, 0) is 47.8 Å². The molecule has 0 radical (unpaired) electrons. The molecule has 2 unspecified atom stereocenters. The molecular weight excluding hydrogens is 296 g/mol. The zero-order valence-corrected chi connectivity index (χ0v) is 12.4. The third-order valence-electron chi connectivity index (χ3n) is 3.08. The van der Waals surface area contributed by atoms with E-state index in [0.29, 0.717) is 5.56 Å². The molecule has 4 nitrogen and oxygen atoms in total. The minimum Gasteiger partial charge on any atom is -0.768 e. The van der Waals surface area contributed by atoms with E-state index >= 15 is 0 Å². The molecule has 0 aliphatic heterocycles. The summed E-state index contributed by atoms with van der Waals surface area (Å²) in [5.41, 5.74) is 0.698. The fraction of sp³-hybridized carbons (Fsp3) is 0.143. The summed E-state index contributed by atoms with van der Waals surface area (Å²) in [4.78, 5) is 0.180. The van der Waals surface area contributed by atoms with E-state index in [1.165, 1.54) is 24.3 Å². The third-order valence-corrected chi connectivity index (χ3v) is 5.87. The molecule has 2 rings (SSSR count). The van der Waals surface area contributed by atoms with Crippen molar-refractivity contribution >= 4 is 20.9 Å². The van der Waals surface area contributed by atoms with Crippen LogP contribution in [0, 0.1) is 0 Å². The average molecular weight is 309 g/mol. The lowest BCUT2D eigenvalue weighted by molar-refractivity contribution is 0.537. The molecule has 2 aromatic carbocycles. The number of benzene rings is 2. The van der Waals surface area contributed by atoms with Crippen LogP contribution in [0.3, 0.4) is 0 Å². The molecule has 0 amide bonds. The third kappa shape index (κ3) is 2.98. The Labute approximate surface area is 120 Å². The zero-order chi connectivity index (χ0) is 14.8. The first-order chi connectivity index (χ1) is 9.43. The summed E-state index contributed by atoms with van der Waals surface area (Å²) in [5.74, 6) is 0. The van der Waals surface area contributed by atoms with Crippen LogP contribution in [0.25, 0.3) is 0 Å². The van der Waals surface area contributed by atoms with Crippen molar-refractivity contribution in [3.63, 3.8) is 0 Å². The topological polar surface area (TPSA) is 74.3 Å². The van der Waals surface area contributed by atoms with Gasteiger partial charge in [0.05, 0.1) is 10.1 Å². The average Bonchev–Trinajstić information content (AvgIpc) is 2.47. The van der Waals surface area contributed by atoms with Gasteiger partial charge in [-0.3, -0.25) is 4.21 Å². The Morgan fingerprint density at radius 1 is 1.00 bits per heavy atom. The van der Waals surface area contributed by atoms with Crippen LogP contribution in [0.4, 0.5) is 0 Å². The standard InChI is InChI=1S/C14H14O4S2/c1-11(12-5-3-2-4-6-12)20(17,18)14-9-7-13(8-10-14)19(15)16/h2-11H,1H3,(H,15,16)/p-1. The van der Waals surface area contributed by atoms with Crippen LogP contribution < -0.4 is 0 Å². The van der Waals surface area contributed by atoms with Crippen molar-refractivity contribution in [2.45, 2.75) is 22.0 Å². The first-order valence-corrected chi connectivity index (χ1v) is 8.53. The first-order valence-electron chi connectivity index (χ1n) is 5.91. The Balaban J connectivity index is 2.37. The molecule has 0 N–H and O–H groups in total. The van der Waals surface area contributed by atoms with Crippen molar-refractivity contribution in [3.05, 3.63) is 60.2 Å². The van der Waals surface area contributed by atoms with Crippen LogP contribution in [-0.2, 0) is 20.9 Å². The Morgan fingerprint density at radius 2 is 1.55 bits per heavy atom. The molecule has 0 aliphatic carbocycles. The second kappa shape index (κ2) is 5.87. The van der Waals surface area contributed by atoms with Gasteiger partial charge >= 0.3 is 0 Å². The Hall–Kier alpha value is -1.50. The van der Waals surface area contributed by atoms with Gasteiger partial charge < -0.3 is 4.55 Å². The van der Waals surface area contributed by atoms with Crippen LogP contribution in [0.5, 0.6) is 0 Å². The summed E-state index contributed by atoms with van der Waals surface area (Å²) in [7, 11) is -3.54. The van der Waals surface area contributed by atoms with Gasteiger partial charge in [0.25, 0.3) is 0 Å². The van der Waals surface area contributed by atoms with E-state index in [-0.39, 0.29) is 9.79 Å². The van der Waals surface area contributed by atoms with Gasteiger partial charge in [-0.1, -0.05) is 30.3 Å². The van der Waals surface area contributed by atoms with Crippen molar-refractivity contribution in [3.8, 4) is 0 Å². The minimum absolute atomic E-state index is 0.0660. The maximum atomic E-state index is 12.5. The van der Waals surface area contributed by atoms with Gasteiger partial charge in [0.1, 0.15) is 0 Å². The van der Waals surface area contributed by atoms with E-state index in [4.69, 9.17) is 0 Å². The molecule has 0 saturated heterocycles. The predicted octanol–water partition coefficient (Wildman–Crippen LogP) is 2.46. The van der Waals surface area contributed by atoms with Crippen molar-refractivity contribution in [1.82, 2.24) is 0 Å². The summed E-state index contributed by atoms with van der Waals surface area (Å²) < 4.78 is 46.5. The van der Waals surface area contributed by atoms with E-state index in [9.17, 15) is 17.2 Å². The molecule has 6 heteroatoms. The highest BCUT2D eigenvalue weighted by atomic mass is 32.2. The normalized spacial score (nSPS) is 14.7. The Bertz CT molecular complexity index is 707. The van der Waals surface area contributed by atoms with E-state index in [1.54, 1.807) is 31.2 Å². The maximum absolute atomic E-state index is 12.5. The van der Waals surface area contributed by atoms with Crippen molar-refractivity contribution in [2.24, 2.45) is 0 Å². The number of hydrogen-bond acceptors (Lipinski definition) is 4. The molecule has 0 bridgehead atoms. The summed E-state index contributed by atoms with van der Waals surface area (Å²) in [5, 5.41) is -0.688. The SMILES string of the molecule is CC(c1ccccc1)S(=O)(=O)c1ccc(S(=O)[O-])cc1. The lowest BCUT2D eigenvalue weighted by Crippen LogP contribution is -2.10. The number of sulfone groups is 1. The first kappa shape index (κ1) is 14.9. The number of hydrogen-bond donors (Lipinski definition) is 0. The molecule has 0 spiro atoms. The molecule has 0 fully saturated rings. The molecular formula is C14H13O4S2-. The van der Waals surface area contributed by atoms with Gasteiger partial charge in [0.15, 0.2) is 9.84 Å². The van der Waals surface area contributed by atoms with Crippen LogP contribution in [0.15, 0.2) is 64.4 Å². The molecule has 0 saturated carbocycles. The predicted molar refractivity (Wildman–Crippen MR) is 75.7 cm³/mol. The summed E-state index contributed by atoms with van der Waals surface area (Å²) in [6, 6.07) is 14.1. The smallest absolute Gasteiger partial charge is 0.185 e. The molecule has 2 atom stereocenters. The largest absolute Gasteiger partial charge is 0.768 e. The van der Waals surface area contributed by atoms with Crippen molar-refractivity contribution < 1.29 is 17.2 Å². The van der Waals surface area contributed by atoms with Crippen molar-refractivity contribution in [2.75, 3.05) is 0 Å². The quantitative estimate of drug-likeness (QED) is 0.813. The zero-order valence-electron chi connectivity index (χ0n) is 10.7. The molecule has 106 valence electrons. The summed E-state index contributed by atoms with van der Waals surface area (Å²) >= 11 is -2.36. The van der Waals surface area contributed by atoms with Gasteiger partial charge in [0, 0.05) is 4.90 Å². The van der Waals surface area contributed by atoms with Crippen LogP contribution in [0.1, 0.15) is 17.7 Å². The molecule has 2 aromatic rings. The van der Waals surface area contributed by atoms with E-state index in [1.807, 2.05) is 6.07 Å². The second-order valence-electron chi connectivity index (χ2n) is 4.30. The number of rotatable bonds is 4. The summed E-state index contributed by atoms with van der Waals surface area (Å²) in [6.45, 7) is 1.62. The Morgan fingerprint density at radius 3 is 2.05 bits per heavy atom. The van der Waals surface area contributed by atoms with Gasteiger partial charge in [-0.15, -0.1) is 0 Å². The van der Waals surface area contributed by atoms with E-state index < -0.39 is 26.2 Å². The van der Waals surface area contributed by atoms with Gasteiger partial charge in [0.2, 0.25) is 0 Å². The monoisotopic (exact) mass is 309 g/mol. The molecule has 0 aliphatic rings. The van der Waals surface area contributed by atoms with Crippen LogP contribution in [-0.4, -0.2) is 17.2 Å². The van der Waals surface area contributed by atoms with Gasteiger partial charge in [-0.25, -0.2) is 8.42 Å². The lowest BCUT2D eigenvalue weighted by Gasteiger charge is -2.14. The fourth-order valence-corrected chi connectivity index (χ4v) is 3.65. The summed E-state index contributed by atoms with van der Waals surface area (Å²) in [6.07, 6.45) is 0. The van der Waals surface area contributed by atoms with Gasteiger partial charge in [-0.2, -0.15) is 0 Å². The van der Waals surface area contributed by atoms with Crippen LogP contribution >= 0.6 is 0 Å². The highest BCUT2D eigenvalue weighted by molar-refractivity contribution is 7.91. The maximum Gasteiger partial charge on any atom is 0.185 e. The minimum atomic E-state index is -3.54.